The molecule has 5 heteroatoms. The predicted molar refractivity (Wildman–Crippen MR) is 95.4 cm³/mol. The molecule has 0 bridgehead atoms. The molecule has 0 aliphatic carbocycles. The zero-order valence-electron chi connectivity index (χ0n) is 14.0. The van der Waals surface area contributed by atoms with Gasteiger partial charge in [0.15, 0.2) is 0 Å². The molecule has 0 saturated carbocycles. The lowest BCUT2D eigenvalue weighted by Crippen LogP contribution is -2.47. The van der Waals surface area contributed by atoms with Crippen molar-refractivity contribution in [2.75, 3.05) is 25.0 Å². The average Bonchev–Trinajstić information content (AvgIpc) is 2.64. The van der Waals surface area contributed by atoms with Crippen LogP contribution in [0, 0.1) is 23.1 Å². The van der Waals surface area contributed by atoms with Gasteiger partial charge in [-0.3, -0.25) is 4.90 Å². The Hall–Kier alpha value is -2.42. The van der Waals surface area contributed by atoms with E-state index < -0.39 is 5.82 Å². The summed E-state index contributed by atoms with van der Waals surface area (Å²) in [4.78, 5) is 2.32. The molecule has 0 unspecified atom stereocenters. The molecule has 25 heavy (non-hydrogen) atoms. The van der Waals surface area contributed by atoms with Gasteiger partial charge in [0, 0.05) is 38.2 Å². The number of rotatable bonds is 5. The van der Waals surface area contributed by atoms with Gasteiger partial charge in [-0.15, -0.1) is 0 Å². The molecule has 3 rings (SSSR count). The third kappa shape index (κ3) is 4.16. The summed E-state index contributed by atoms with van der Waals surface area (Å²) in [5.74, 6) is -0.484. The largest absolute Gasteiger partial charge is 0.396 e. The van der Waals surface area contributed by atoms with Crippen molar-refractivity contribution >= 4 is 5.69 Å². The highest BCUT2D eigenvalue weighted by Crippen LogP contribution is 2.25. The molecule has 1 fully saturated rings. The molecule has 1 aliphatic heterocycles. The second-order valence-electron chi connectivity index (χ2n) is 6.48. The molecule has 1 heterocycles. The minimum Gasteiger partial charge on any atom is -0.396 e. The van der Waals surface area contributed by atoms with Gasteiger partial charge in [0.2, 0.25) is 0 Å². The van der Waals surface area contributed by atoms with Gasteiger partial charge in [-0.2, -0.15) is 5.26 Å². The highest BCUT2D eigenvalue weighted by molar-refractivity contribution is 5.58. The monoisotopic (exact) mass is 339 g/mol. The summed E-state index contributed by atoms with van der Waals surface area (Å²) in [6, 6.07) is 16.8. The van der Waals surface area contributed by atoms with Gasteiger partial charge in [0.1, 0.15) is 17.4 Å². The molecule has 0 spiro atoms. The maximum atomic E-state index is 13.8. The fourth-order valence-electron chi connectivity index (χ4n) is 3.43. The van der Waals surface area contributed by atoms with Gasteiger partial charge in [0.05, 0.1) is 5.69 Å². The number of piperidine rings is 1. The molecule has 1 aliphatic rings. The molecule has 0 amide bonds. The maximum absolute atomic E-state index is 13.8. The van der Waals surface area contributed by atoms with Crippen LogP contribution in [0.5, 0.6) is 0 Å². The quantitative estimate of drug-likeness (QED) is 0.879. The van der Waals surface area contributed by atoms with E-state index in [1.54, 1.807) is 12.1 Å². The lowest BCUT2D eigenvalue weighted by Gasteiger charge is -2.38. The van der Waals surface area contributed by atoms with Crippen LogP contribution in [0.4, 0.5) is 10.1 Å². The molecular weight excluding hydrogens is 317 g/mol. The topological polar surface area (TPSA) is 59.3 Å². The lowest BCUT2D eigenvalue weighted by atomic mass is 9.91. The van der Waals surface area contributed by atoms with E-state index in [1.165, 1.54) is 11.6 Å². The summed E-state index contributed by atoms with van der Waals surface area (Å²) in [5, 5.41) is 22.2. The van der Waals surface area contributed by atoms with Crippen molar-refractivity contribution in [1.29, 1.82) is 5.26 Å². The first-order valence-electron chi connectivity index (χ1n) is 8.53. The summed E-state index contributed by atoms with van der Waals surface area (Å²) in [7, 11) is 0. The number of anilines is 1. The molecule has 0 aromatic heterocycles. The minimum atomic E-state index is -0.519. The van der Waals surface area contributed by atoms with Crippen LogP contribution in [0.3, 0.4) is 0 Å². The fourth-order valence-corrected chi connectivity index (χ4v) is 3.43. The van der Waals surface area contributed by atoms with Gasteiger partial charge in [-0.05, 0) is 24.1 Å². The highest BCUT2D eigenvalue weighted by Gasteiger charge is 2.29. The smallest absolute Gasteiger partial charge is 0.143 e. The van der Waals surface area contributed by atoms with Gasteiger partial charge in [-0.1, -0.05) is 36.4 Å². The molecule has 2 aromatic rings. The number of aliphatic hydroxyl groups excluding tert-OH is 1. The summed E-state index contributed by atoms with van der Waals surface area (Å²) in [6.45, 7) is 2.56. The molecule has 130 valence electrons. The Morgan fingerprint density at radius 3 is 2.72 bits per heavy atom. The standard InChI is InChI=1S/C20H22FN3O/c21-18-7-4-8-20(17(18)11-22)23-19-9-10-24(13-16(19)14-25)12-15-5-2-1-3-6-15/h1-8,16,19,23,25H,9-10,12-14H2/t16-,19+/m1/s1. The van der Waals surface area contributed by atoms with E-state index in [0.29, 0.717) is 5.69 Å². The maximum Gasteiger partial charge on any atom is 0.143 e. The number of hydrogen-bond donors (Lipinski definition) is 2. The van der Waals surface area contributed by atoms with E-state index in [2.05, 4.69) is 22.3 Å². The van der Waals surface area contributed by atoms with Crippen molar-refractivity contribution in [3.05, 3.63) is 65.5 Å². The third-order valence-electron chi connectivity index (χ3n) is 4.77. The Morgan fingerprint density at radius 1 is 1.20 bits per heavy atom. The van der Waals surface area contributed by atoms with Crippen LogP contribution in [-0.2, 0) is 6.54 Å². The van der Waals surface area contributed by atoms with E-state index in [0.717, 1.165) is 26.1 Å². The summed E-state index contributed by atoms with van der Waals surface area (Å²) >= 11 is 0. The Morgan fingerprint density at radius 2 is 2.00 bits per heavy atom. The first-order chi connectivity index (χ1) is 12.2. The second kappa shape index (κ2) is 8.11. The SMILES string of the molecule is N#Cc1c(F)cccc1N[C@H]1CCN(Cc2ccccc2)C[C@@H]1CO. The Bertz CT molecular complexity index is 744. The summed E-state index contributed by atoms with van der Waals surface area (Å²) in [6.07, 6.45) is 0.833. The number of nitriles is 1. The first kappa shape index (κ1) is 17.4. The van der Waals surface area contributed by atoms with Crippen LogP contribution >= 0.6 is 0 Å². The van der Waals surface area contributed by atoms with Crippen molar-refractivity contribution in [3.8, 4) is 6.07 Å². The molecule has 2 aromatic carbocycles. The molecule has 1 saturated heterocycles. The Balaban J connectivity index is 1.67. The number of nitrogens with zero attached hydrogens (tertiary/aromatic N) is 2. The molecule has 4 nitrogen and oxygen atoms in total. The van der Waals surface area contributed by atoms with E-state index in [9.17, 15) is 14.8 Å². The Labute approximate surface area is 147 Å². The second-order valence-corrected chi connectivity index (χ2v) is 6.48. The number of halogens is 1. The van der Waals surface area contributed by atoms with Crippen LogP contribution in [0.2, 0.25) is 0 Å². The van der Waals surface area contributed by atoms with Crippen molar-refractivity contribution in [3.63, 3.8) is 0 Å². The predicted octanol–water partition coefficient (Wildman–Crippen LogP) is 2.99. The molecule has 2 N–H and O–H groups in total. The first-order valence-corrected chi connectivity index (χ1v) is 8.53. The number of hydrogen-bond acceptors (Lipinski definition) is 4. The summed E-state index contributed by atoms with van der Waals surface area (Å²) < 4.78 is 13.8. The minimum absolute atomic E-state index is 0.0194. The summed E-state index contributed by atoms with van der Waals surface area (Å²) in [5.41, 5.74) is 1.79. The van der Waals surface area contributed by atoms with E-state index in [1.807, 2.05) is 24.3 Å². The molecule has 2 atom stereocenters. The van der Waals surface area contributed by atoms with Crippen molar-refractivity contribution in [2.24, 2.45) is 5.92 Å². The zero-order chi connectivity index (χ0) is 17.6. The number of nitrogens with one attached hydrogen (secondary N) is 1. The molecule has 0 radical (unpaired) electrons. The third-order valence-corrected chi connectivity index (χ3v) is 4.77. The van der Waals surface area contributed by atoms with Crippen LogP contribution in [-0.4, -0.2) is 35.7 Å². The molecular formula is C20H22FN3O. The lowest BCUT2D eigenvalue weighted by molar-refractivity contribution is 0.105. The van der Waals surface area contributed by atoms with Gasteiger partial charge >= 0.3 is 0 Å². The van der Waals surface area contributed by atoms with Crippen LogP contribution < -0.4 is 5.32 Å². The van der Waals surface area contributed by atoms with Gasteiger partial charge in [0.25, 0.3) is 0 Å². The average molecular weight is 339 g/mol. The normalized spacial score (nSPS) is 20.8. The van der Waals surface area contributed by atoms with Crippen LogP contribution in [0.15, 0.2) is 48.5 Å². The highest BCUT2D eigenvalue weighted by atomic mass is 19.1. The van der Waals surface area contributed by atoms with Gasteiger partial charge < -0.3 is 10.4 Å². The van der Waals surface area contributed by atoms with Crippen LogP contribution in [0.1, 0.15) is 17.5 Å². The van der Waals surface area contributed by atoms with Crippen molar-refractivity contribution in [1.82, 2.24) is 4.90 Å². The zero-order valence-corrected chi connectivity index (χ0v) is 14.0. The van der Waals surface area contributed by atoms with Crippen molar-refractivity contribution < 1.29 is 9.50 Å². The number of benzene rings is 2. The van der Waals surface area contributed by atoms with E-state index >= 15 is 0 Å². The Kier molecular flexibility index (Phi) is 5.64. The fraction of sp³-hybridized carbons (Fsp3) is 0.350. The number of likely N-dealkylation sites (tertiary alicyclic amines) is 1. The van der Waals surface area contributed by atoms with Crippen LogP contribution in [0.25, 0.3) is 0 Å². The van der Waals surface area contributed by atoms with Crippen molar-refractivity contribution in [2.45, 2.75) is 19.0 Å². The van der Waals surface area contributed by atoms with E-state index in [-0.39, 0.29) is 24.1 Å². The van der Waals surface area contributed by atoms with E-state index in [4.69, 9.17) is 0 Å². The van der Waals surface area contributed by atoms with Gasteiger partial charge in [-0.25, -0.2) is 4.39 Å². The number of aliphatic hydroxyl groups is 1.